The number of nitrogens with one attached hydrogen (secondary N) is 1. The van der Waals surface area contributed by atoms with Crippen molar-refractivity contribution in [3.8, 4) is 0 Å². The minimum Gasteiger partial charge on any atom is -0.339 e. The normalized spacial score (nSPS) is 14.5. The van der Waals surface area contributed by atoms with Crippen molar-refractivity contribution in [3.63, 3.8) is 0 Å². The van der Waals surface area contributed by atoms with Gasteiger partial charge in [0.25, 0.3) is 5.91 Å². The summed E-state index contributed by atoms with van der Waals surface area (Å²) in [6.45, 7) is 1.65. The maximum atomic E-state index is 12.7. The second-order valence-electron chi connectivity index (χ2n) is 6.82. The molecular formula is C22H26N2O2. The van der Waals surface area contributed by atoms with Crippen LogP contribution in [0.2, 0.25) is 0 Å². The molecule has 1 aliphatic heterocycles. The van der Waals surface area contributed by atoms with Gasteiger partial charge in [-0.2, -0.15) is 0 Å². The lowest BCUT2D eigenvalue weighted by atomic mass is 10.1. The number of amides is 2. The van der Waals surface area contributed by atoms with Crippen LogP contribution >= 0.6 is 0 Å². The second kappa shape index (κ2) is 9.18. The molecule has 4 nitrogen and oxygen atoms in total. The number of carbonyl (C=O) groups is 2. The van der Waals surface area contributed by atoms with Gasteiger partial charge in [-0.25, -0.2) is 0 Å². The fourth-order valence-electron chi connectivity index (χ4n) is 3.31. The van der Waals surface area contributed by atoms with E-state index in [9.17, 15) is 9.59 Å². The van der Waals surface area contributed by atoms with E-state index in [0.29, 0.717) is 24.1 Å². The van der Waals surface area contributed by atoms with E-state index in [2.05, 4.69) is 5.32 Å². The van der Waals surface area contributed by atoms with Gasteiger partial charge in [0, 0.05) is 30.8 Å². The molecule has 1 aliphatic rings. The molecule has 4 heteroatoms. The molecule has 3 rings (SSSR count). The Morgan fingerprint density at radius 1 is 0.885 bits per heavy atom. The van der Waals surface area contributed by atoms with Gasteiger partial charge in [-0.1, -0.05) is 49.2 Å². The molecule has 2 amide bonds. The summed E-state index contributed by atoms with van der Waals surface area (Å²) in [5, 5.41) is 2.91. The standard InChI is InChI=1S/C22H26N2O2/c25-21(14-13-18-9-4-3-5-10-18)23-20-12-8-11-19(17-20)22(26)24-15-6-1-2-7-16-24/h3-5,8-12,17H,1-2,6-7,13-16H2,(H,23,25). The lowest BCUT2D eigenvalue weighted by molar-refractivity contribution is -0.116. The van der Waals surface area contributed by atoms with Crippen LogP contribution in [0.15, 0.2) is 54.6 Å². The summed E-state index contributed by atoms with van der Waals surface area (Å²) in [6, 6.07) is 17.2. The van der Waals surface area contributed by atoms with Gasteiger partial charge in [-0.05, 0) is 43.0 Å². The van der Waals surface area contributed by atoms with Crippen LogP contribution in [-0.4, -0.2) is 29.8 Å². The summed E-state index contributed by atoms with van der Waals surface area (Å²) < 4.78 is 0. The first-order chi connectivity index (χ1) is 12.7. The van der Waals surface area contributed by atoms with E-state index in [1.54, 1.807) is 6.07 Å². The van der Waals surface area contributed by atoms with Gasteiger partial charge in [-0.3, -0.25) is 9.59 Å². The minimum absolute atomic E-state index is 0.0341. The van der Waals surface area contributed by atoms with Crippen LogP contribution in [0.4, 0.5) is 5.69 Å². The molecule has 1 saturated heterocycles. The molecule has 0 saturated carbocycles. The van der Waals surface area contributed by atoms with Crippen LogP contribution in [0.25, 0.3) is 0 Å². The topological polar surface area (TPSA) is 49.4 Å². The fourth-order valence-corrected chi connectivity index (χ4v) is 3.31. The maximum Gasteiger partial charge on any atom is 0.253 e. The van der Waals surface area contributed by atoms with Crippen LogP contribution < -0.4 is 5.32 Å². The number of aryl methyl sites for hydroxylation is 1. The van der Waals surface area contributed by atoms with E-state index in [-0.39, 0.29) is 11.8 Å². The van der Waals surface area contributed by atoms with E-state index in [4.69, 9.17) is 0 Å². The van der Waals surface area contributed by atoms with Gasteiger partial charge in [0.1, 0.15) is 0 Å². The number of benzene rings is 2. The summed E-state index contributed by atoms with van der Waals surface area (Å²) in [6.07, 6.45) is 5.67. The molecule has 1 fully saturated rings. The lowest BCUT2D eigenvalue weighted by Crippen LogP contribution is -2.31. The molecule has 2 aromatic carbocycles. The highest BCUT2D eigenvalue weighted by Crippen LogP contribution is 2.17. The smallest absolute Gasteiger partial charge is 0.253 e. The Balaban J connectivity index is 1.58. The fraction of sp³-hybridized carbons (Fsp3) is 0.364. The van der Waals surface area contributed by atoms with Crippen molar-refractivity contribution >= 4 is 17.5 Å². The average molecular weight is 350 g/mol. The Hall–Kier alpha value is -2.62. The molecule has 136 valence electrons. The monoisotopic (exact) mass is 350 g/mol. The molecule has 0 aromatic heterocycles. The lowest BCUT2D eigenvalue weighted by Gasteiger charge is -2.20. The van der Waals surface area contributed by atoms with E-state index in [1.165, 1.54) is 12.8 Å². The molecule has 0 spiro atoms. The summed E-state index contributed by atoms with van der Waals surface area (Å²) in [5.41, 5.74) is 2.48. The van der Waals surface area contributed by atoms with Gasteiger partial charge in [0.05, 0.1) is 0 Å². The molecule has 1 N–H and O–H groups in total. The maximum absolute atomic E-state index is 12.7. The summed E-state index contributed by atoms with van der Waals surface area (Å²) in [7, 11) is 0. The van der Waals surface area contributed by atoms with Crippen LogP contribution in [-0.2, 0) is 11.2 Å². The SMILES string of the molecule is O=C(CCc1ccccc1)Nc1cccc(C(=O)N2CCCCCC2)c1. The van der Waals surface area contributed by atoms with Crippen molar-refractivity contribution < 1.29 is 9.59 Å². The molecule has 0 unspecified atom stereocenters. The highest BCUT2D eigenvalue weighted by Gasteiger charge is 2.17. The van der Waals surface area contributed by atoms with Crippen molar-refractivity contribution in [3.05, 3.63) is 65.7 Å². The van der Waals surface area contributed by atoms with Crippen LogP contribution in [0.1, 0.15) is 48.0 Å². The van der Waals surface area contributed by atoms with E-state index in [0.717, 1.165) is 31.5 Å². The molecule has 1 heterocycles. The second-order valence-corrected chi connectivity index (χ2v) is 6.82. The van der Waals surface area contributed by atoms with Gasteiger partial charge in [0.2, 0.25) is 5.91 Å². The van der Waals surface area contributed by atoms with Gasteiger partial charge in [-0.15, -0.1) is 0 Å². The Bertz CT molecular complexity index is 735. The summed E-state index contributed by atoms with van der Waals surface area (Å²) in [4.78, 5) is 26.9. The molecule has 2 aromatic rings. The van der Waals surface area contributed by atoms with Crippen molar-refractivity contribution in [2.24, 2.45) is 0 Å². The summed E-state index contributed by atoms with van der Waals surface area (Å²) >= 11 is 0. The first kappa shape index (κ1) is 18.2. The third-order valence-corrected chi connectivity index (χ3v) is 4.77. The highest BCUT2D eigenvalue weighted by atomic mass is 16.2. The third-order valence-electron chi connectivity index (χ3n) is 4.77. The molecule has 0 bridgehead atoms. The third kappa shape index (κ3) is 5.19. The molecular weight excluding hydrogens is 324 g/mol. The predicted molar refractivity (Wildman–Crippen MR) is 104 cm³/mol. The first-order valence-electron chi connectivity index (χ1n) is 9.45. The Morgan fingerprint density at radius 3 is 2.35 bits per heavy atom. The number of hydrogen-bond acceptors (Lipinski definition) is 2. The van der Waals surface area contributed by atoms with Crippen molar-refractivity contribution in [2.45, 2.75) is 38.5 Å². The Kier molecular flexibility index (Phi) is 6.42. The number of anilines is 1. The zero-order valence-electron chi connectivity index (χ0n) is 15.1. The number of carbonyl (C=O) groups excluding carboxylic acids is 2. The largest absolute Gasteiger partial charge is 0.339 e. The molecule has 0 atom stereocenters. The molecule has 26 heavy (non-hydrogen) atoms. The minimum atomic E-state index is -0.0341. The molecule has 0 aliphatic carbocycles. The average Bonchev–Trinajstić information content (AvgIpc) is 2.96. The molecule has 0 radical (unpaired) electrons. The zero-order valence-corrected chi connectivity index (χ0v) is 15.1. The number of likely N-dealkylation sites (tertiary alicyclic amines) is 1. The van der Waals surface area contributed by atoms with Gasteiger partial charge >= 0.3 is 0 Å². The van der Waals surface area contributed by atoms with Gasteiger partial charge < -0.3 is 10.2 Å². The predicted octanol–water partition coefficient (Wildman–Crippen LogP) is 4.27. The number of hydrogen-bond donors (Lipinski definition) is 1. The Labute approximate surface area is 155 Å². The number of rotatable bonds is 5. The Morgan fingerprint density at radius 2 is 1.62 bits per heavy atom. The van der Waals surface area contributed by atoms with E-state index >= 15 is 0 Å². The highest BCUT2D eigenvalue weighted by molar-refractivity contribution is 5.97. The van der Waals surface area contributed by atoms with Crippen LogP contribution in [0, 0.1) is 0 Å². The van der Waals surface area contributed by atoms with Crippen molar-refractivity contribution in [1.82, 2.24) is 4.90 Å². The van der Waals surface area contributed by atoms with Crippen LogP contribution in [0.3, 0.4) is 0 Å². The first-order valence-corrected chi connectivity index (χ1v) is 9.45. The van der Waals surface area contributed by atoms with Crippen molar-refractivity contribution in [2.75, 3.05) is 18.4 Å². The van der Waals surface area contributed by atoms with Crippen molar-refractivity contribution in [1.29, 1.82) is 0 Å². The zero-order chi connectivity index (χ0) is 18.2. The van der Waals surface area contributed by atoms with E-state index < -0.39 is 0 Å². The summed E-state index contributed by atoms with van der Waals surface area (Å²) in [5.74, 6) is 0.0282. The number of nitrogens with zero attached hydrogens (tertiary/aromatic N) is 1. The van der Waals surface area contributed by atoms with E-state index in [1.807, 2.05) is 53.4 Å². The van der Waals surface area contributed by atoms with Gasteiger partial charge in [0.15, 0.2) is 0 Å². The van der Waals surface area contributed by atoms with Crippen LogP contribution in [0.5, 0.6) is 0 Å². The quantitative estimate of drug-likeness (QED) is 0.875.